The number of aliphatic hydroxyl groups is 1. The summed E-state index contributed by atoms with van der Waals surface area (Å²) in [5, 5.41) is 8.72. The zero-order valence-corrected chi connectivity index (χ0v) is 5.69. The Morgan fingerprint density at radius 1 is 1.78 bits per heavy atom. The van der Waals surface area contributed by atoms with Gasteiger partial charge in [-0.2, -0.15) is 0 Å². The third kappa shape index (κ3) is 1.80. The predicted molar refractivity (Wildman–Crippen MR) is 35.1 cm³/mol. The highest BCUT2D eigenvalue weighted by Crippen LogP contribution is 2.06. The lowest BCUT2D eigenvalue weighted by Crippen LogP contribution is -2.29. The summed E-state index contributed by atoms with van der Waals surface area (Å²) in [6.45, 7) is 0.577. The van der Waals surface area contributed by atoms with Crippen molar-refractivity contribution < 1.29 is 14.6 Å². The highest BCUT2D eigenvalue weighted by atomic mass is 32.1. The van der Waals surface area contributed by atoms with Crippen LogP contribution in [-0.2, 0) is 9.47 Å². The molecule has 1 aliphatic rings. The van der Waals surface area contributed by atoms with Crippen LogP contribution in [-0.4, -0.2) is 29.7 Å². The van der Waals surface area contributed by atoms with Crippen LogP contribution in [0.25, 0.3) is 0 Å². The molecule has 0 radical (unpaired) electrons. The summed E-state index contributed by atoms with van der Waals surface area (Å²) in [6.07, 6.45) is 0.572. The van der Waals surface area contributed by atoms with Crippen molar-refractivity contribution in [3.63, 3.8) is 0 Å². The summed E-state index contributed by atoms with van der Waals surface area (Å²) in [5.74, 6) is 0. The first kappa shape index (κ1) is 6.77. The highest BCUT2D eigenvalue weighted by molar-refractivity contribution is 7.79. The minimum atomic E-state index is -0.147. The first-order valence-electron chi connectivity index (χ1n) is 2.77. The van der Waals surface area contributed by atoms with E-state index in [1.807, 2.05) is 0 Å². The second-order valence-corrected chi connectivity index (χ2v) is 2.14. The Kier molecular flexibility index (Phi) is 2.24. The fraction of sp³-hybridized carbons (Fsp3) is 0.800. The van der Waals surface area contributed by atoms with E-state index < -0.39 is 0 Å². The molecule has 4 heteroatoms. The molecule has 9 heavy (non-hydrogen) atoms. The molecular weight excluding hydrogens is 140 g/mol. The molecule has 0 aromatic carbocycles. The first-order valence-corrected chi connectivity index (χ1v) is 3.18. The lowest BCUT2D eigenvalue weighted by molar-refractivity contribution is 0.0165. The molecule has 0 saturated carbocycles. The molecule has 1 atom stereocenters. The van der Waals surface area contributed by atoms with Gasteiger partial charge >= 0.3 is 5.24 Å². The Bertz CT molecular complexity index is 115. The molecule has 1 rings (SSSR count). The van der Waals surface area contributed by atoms with E-state index in [4.69, 9.17) is 14.6 Å². The molecule has 0 spiro atoms. The molecule has 0 bridgehead atoms. The molecular formula is C5H8O3S. The quantitative estimate of drug-likeness (QED) is 0.534. The topological polar surface area (TPSA) is 38.7 Å². The summed E-state index contributed by atoms with van der Waals surface area (Å²) in [6, 6.07) is 0. The molecule has 0 aromatic rings. The lowest BCUT2D eigenvalue weighted by atomic mass is 10.3. The van der Waals surface area contributed by atoms with E-state index in [-0.39, 0.29) is 17.9 Å². The van der Waals surface area contributed by atoms with Gasteiger partial charge in [0.1, 0.15) is 6.10 Å². The highest BCUT2D eigenvalue weighted by Gasteiger charge is 2.16. The number of thiocarbonyl (C=S) groups is 1. The second-order valence-electron chi connectivity index (χ2n) is 1.81. The zero-order valence-electron chi connectivity index (χ0n) is 4.87. The van der Waals surface area contributed by atoms with E-state index >= 15 is 0 Å². The van der Waals surface area contributed by atoms with E-state index in [0.29, 0.717) is 6.61 Å². The Hall–Kier alpha value is -0.350. The van der Waals surface area contributed by atoms with Gasteiger partial charge in [0.25, 0.3) is 0 Å². The normalized spacial score (nSPS) is 26.8. The standard InChI is InChI=1S/C5H8O3S/c6-3-4-1-2-7-5(9)8-4/h4,6H,1-3H2/t4-/m0/s1. The van der Waals surface area contributed by atoms with Crippen molar-refractivity contribution in [3.05, 3.63) is 0 Å². The lowest BCUT2D eigenvalue weighted by Gasteiger charge is -2.21. The Balaban J connectivity index is 2.32. The van der Waals surface area contributed by atoms with Gasteiger partial charge in [-0.15, -0.1) is 0 Å². The van der Waals surface area contributed by atoms with Gasteiger partial charge in [0, 0.05) is 18.6 Å². The summed E-state index contributed by atoms with van der Waals surface area (Å²) < 4.78 is 9.70. The van der Waals surface area contributed by atoms with Gasteiger partial charge in [-0.25, -0.2) is 0 Å². The van der Waals surface area contributed by atoms with Crippen LogP contribution in [0, 0.1) is 0 Å². The molecule has 0 aliphatic carbocycles. The Morgan fingerprint density at radius 3 is 3.00 bits per heavy atom. The predicted octanol–water partition coefficient (Wildman–Crippen LogP) is 0.0691. The molecule has 52 valence electrons. The first-order chi connectivity index (χ1) is 4.33. The monoisotopic (exact) mass is 148 g/mol. The fourth-order valence-corrected chi connectivity index (χ4v) is 0.851. The van der Waals surface area contributed by atoms with E-state index in [0.717, 1.165) is 6.42 Å². The third-order valence-corrected chi connectivity index (χ3v) is 1.34. The van der Waals surface area contributed by atoms with Crippen LogP contribution in [0.2, 0.25) is 0 Å². The van der Waals surface area contributed by atoms with Crippen molar-refractivity contribution in [3.8, 4) is 0 Å². The largest absolute Gasteiger partial charge is 0.457 e. The maximum Gasteiger partial charge on any atom is 0.352 e. The molecule has 0 unspecified atom stereocenters. The Morgan fingerprint density at radius 2 is 2.56 bits per heavy atom. The van der Waals surface area contributed by atoms with Crippen molar-refractivity contribution in [1.82, 2.24) is 0 Å². The van der Waals surface area contributed by atoms with Gasteiger partial charge < -0.3 is 14.6 Å². The number of hydrogen-bond donors (Lipinski definition) is 1. The molecule has 0 amide bonds. The van der Waals surface area contributed by atoms with Crippen LogP contribution in [0.3, 0.4) is 0 Å². The van der Waals surface area contributed by atoms with Gasteiger partial charge in [0.15, 0.2) is 0 Å². The van der Waals surface area contributed by atoms with Gasteiger partial charge in [-0.3, -0.25) is 0 Å². The second kappa shape index (κ2) is 2.98. The maximum absolute atomic E-state index is 8.57. The van der Waals surface area contributed by atoms with Crippen molar-refractivity contribution in [1.29, 1.82) is 0 Å². The molecule has 3 nitrogen and oxygen atoms in total. The molecule has 1 aliphatic heterocycles. The van der Waals surface area contributed by atoms with Gasteiger partial charge in [0.05, 0.1) is 13.2 Å². The summed E-state index contributed by atoms with van der Waals surface area (Å²) in [7, 11) is 0. The third-order valence-electron chi connectivity index (χ3n) is 1.13. The van der Waals surface area contributed by atoms with Gasteiger partial charge in [-0.1, -0.05) is 0 Å². The van der Waals surface area contributed by atoms with Crippen LogP contribution >= 0.6 is 12.2 Å². The molecule has 0 aromatic heterocycles. The van der Waals surface area contributed by atoms with E-state index in [1.54, 1.807) is 0 Å². The summed E-state index contributed by atoms with van der Waals surface area (Å²) >= 11 is 4.59. The van der Waals surface area contributed by atoms with E-state index in [9.17, 15) is 0 Å². The van der Waals surface area contributed by atoms with Crippen molar-refractivity contribution >= 4 is 17.5 Å². The zero-order chi connectivity index (χ0) is 6.69. The minimum absolute atomic E-state index is 0.0174. The van der Waals surface area contributed by atoms with Crippen LogP contribution in [0.5, 0.6) is 0 Å². The maximum atomic E-state index is 8.57. The molecule has 1 saturated heterocycles. The van der Waals surface area contributed by atoms with Crippen LogP contribution in [0.4, 0.5) is 0 Å². The number of aliphatic hydroxyl groups excluding tert-OH is 1. The molecule has 1 fully saturated rings. The SMILES string of the molecule is OC[C@@H]1CCOC(=S)O1. The van der Waals surface area contributed by atoms with Crippen molar-refractivity contribution in [2.24, 2.45) is 0 Å². The van der Waals surface area contributed by atoms with Crippen LogP contribution in [0.15, 0.2) is 0 Å². The summed E-state index contributed by atoms with van der Waals surface area (Å²) in [5.41, 5.74) is 0. The smallest absolute Gasteiger partial charge is 0.352 e. The molecule has 1 N–H and O–H groups in total. The van der Waals surface area contributed by atoms with Crippen LogP contribution in [0.1, 0.15) is 6.42 Å². The van der Waals surface area contributed by atoms with Gasteiger partial charge in [-0.05, 0) is 0 Å². The average Bonchev–Trinajstić information content (AvgIpc) is 1.88. The summed E-state index contributed by atoms with van der Waals surface area (Å²) in [4.78, 5) is 0. The van der Waals surface area contributed by atoms with Gasteiger partial charge in [0.2, 0.25) is 0 Å². The fourth-order valence-electron chi connectivity index (χ4n) is 0.631. The molecule has 1 heterocycles. The average molecular weight is 148 g/mol. The van der Waals surface area contributed by atoms with Crippen molar-refractivity contribution in [2.45, 2.75) is 12.5 Å². The van der Waals surface area contributed by atoms with E-state index in [2.05, 4.69) is 12.2 Å². The number of ether oxygens (including phenoxy) is 2. The number of rotatable bonds is 1. The number of hydrogen-bond acceptors (Lipinski definition) is 4. The van der Waals surface area contributed by atoms with Crippen molar-refractivity contribution in [2.75, 3.05) is 13.2 Å². The Labute approximate surface area is 58.6 Å². The minimum Gasteiger partial charge on any atom is -0.457 e. The van der Waals surface area contributed by atoms with E-state index in [1.165, 1.54) is 0 Å². The van der Waals surface area contributed by atoms with Crippen LogP contribution < -0.4 is 0 Å².